The van der Waals surface area contributed by atoms with Crippen LogP contribution in [-0.4, -0.2) is 35.6 Å². The number of ether oxygens (including phenoxy) is 1. The van der Waals surface area contributed by atoms with Crippen molar-refractivity contribution in [2.75, 3.05) is 12.8 Å². The number of aliphatic hydroxyl groups excluding tert-OH is 1. The molecule has 0 aromatic rings. The molecule has 2 unspecified atom stereocenters. The van der Waals surface area contributed by atoms with E-state index in [0.29, 0.717) is 5.92 Å². The highest BCUT2D eigenvalue weighted by Crippen LogP contribution is 2.35. The molecule has 5 nitrogen and oxygen atoms in total. The molecule has 1 fully saturated rings. The summed E-state index contributed by atoms with van der Waals surface area (Å²) in [7, 11) is 0. The van der Waals surface area contributed by atoms with E-state index in [4.69, 9.17) is 10.3 Å². The first-order valence-electron chi connectivity index (χ1n) is 4.99. The molecule has 15 heavy (non-hydrogen) atoms. The van der Waals surface area contributed by atoms with Crippen molar-refractivity contribution in [1.82, 2.24) is 0 Å². The molecule has 0 radical (unpaired) electrons. The molecule has 86 valence electrons. The van der Waals surface area contributed by atoms with E-state index in [1.807, 2.05) is 13.2 Å². The smallest absolute Gasteiger partial charge is 0.106 e. The number of nitrogens with zero attached hydrogens (tertiary/aromatic N) is 3. The van der Waals surface area contributed by atoms with Crippen LogP contribution in [0, 0.1) is 11.8 Å². The van der Waals surface area contributed by atoms with Crippen molar-refractivity contribution in [2.24, 2.45) is 17.0 Å². The van der Waals surface area contributed by atoms with Crippen LogP contribution in [0.1, 0.15) is 13.8 Å². The number of hydrogen-bond donors (Lipinski definition) is 1. The maximum absolute atomic E-state index is 9.93. The second-order valence-electron chi connectivity index (χ2n) is 3.90. The van der Waals surface area contributed by atoms with Crippen molar-refractivity contribution < 1.29 is 9.84 Å². The van der Waals surface area contributed by atoms with Crippen molar-refractivity contribution in [2.45, 2.75) is 31.5 Å². The standard InChI is InChI=1S/C9H17N3O2S/c1-5-6(2)9(15-3)14-7(8(5)13)4-11-12-10/h5-9,13H,4H2,1-3H3/t5-,6?,7?,8-,9+/m1/s1. The Labute approximate surface area is 93.8 Å². The minimum atomic E-state index is -0.547. The van der Waals surface area contributed by atoms with E-state index < -0.39 is 6.10 Å². The van der Waals surface area contributed by atoms with Gasteiger partial charge in [-0.15, -0.1) is 11.8 Å². The first-order chi connectivity index (χ1) is 7.11. The summed E-state index contributed by atoms with van der Waals surface area (Å²) in [6, 6.07) is 0. The third-order valence-electron chi connectivity index (χ3n) is 3.04. The number of azide groups is 1. The lowest BCUT2D eigenvalue weighted by Crippen LogP contribution is -2.49. The van der Waals surface area contributed by atoms with Gasteiger partial charge in [0.05, 0.1) is 18.8 Å². The third-order valence-corrected chi connectivity index (χ3v) is 4.05. The minimum absolute atomic E-state index is 0.0716. The summed E-state index contributed by atoms with van der Waals surface area (Å²) in [5.74, 6) is 0.465. The van der Waals surface area contributed by atoms with Gasteiger partial charge in [0.1, 0.15) is 5.44 Å². The third kappa shape index (κ3) is 2.78. The summed E-state index contributed by atoms with van der Waals surface area (Å²) in [6.07, 6.45) is 1.06. The average molecular weight is 231 g/mol. The van der Waals surface area contributed by atoms with Gasteiger partial charge >= 0.3 is 0 Å². The number of hydrogen-bond acceptors (Lipinski definition) is 4. The van der Waals surface area contributed by atoms with Gasteiger partial charge in [-0.1, -0.05) is 19.0 Å². The number of rotatable bonds is 3. The van der Waals surface area contributed by atoms with E-state index in [1.165, 1.54) is 0 Å². The lowest BCUT2D eigenvalue weighted by Gasteiger charge is -2.41. The molecule has 1 aliphatic heterocycles. The van der Waals surface area contributed by atoms with Gasteiger partial charge in [0, 0.05) is 4.91 Å². The first kappa shape index (κ1) is 12.6. The molecule has 5 atom stereocenters. The maximum atomic E-state index is 9.93. The van der Waals surface area contributed by atoms with Gasteiger partial charge in [0.25, 0.3) is 0 Å². The SMILES string of the molecule is CS[C@@H]1OC(CN=[N+]=[N-])[C@H](O)[C@H](C)C1C. The van der Waals surface area contributed by atoms with Gasteiger partial charge in [-0.3, -0.25) is 0 Å². The Kier molecular flexibility index (Phi) is 4.73. The van der Waals surface area contributed by atoms with E-state index >= 15 is 0 Å². The molecule has 0 spiro atoms. The Hall–Kier alpha value is -0.420. The zero-order valence-electron chi connectivity index (χ0n) is 9.20. The van der Waals surface area contributed by atoms with Crippen molar-refractivity contribution in [3.63, 3.8) is 0 Å². The normalized spacial score (nSPS) is 40.9. The first-order valence-corrected chi connectivity index (χ1v) is 6.27. The van der Waals surface area contributed by atoms with Crippen molar-refractivity contribution in [3.05, 3.63) is 10.4 Å². The average Bonchev–Trinajstić information content (AvgIpc) is 2.25. The Morgan fingerprint density at radius 1 is 1.47 bits per heavy atom. The molecule has 1 saturated heterocycles. The van der Waals surface area contributed by atoms with E-state index in [9.17, 15) is 5.11 Å². The number of aliphatic hydroxyl groups is 1. The molecule has 0 amide bonds. The van der Waals surface area contributed by atoms with Crippen LogP contribution in [-0.2, 0) is 4.74 Å². The molecule has 1 rings (SSSR count). The summed E-state index contributed by atoms with van der Waals surface area (Å²) < 4.78 is 5.68. The maximum Gasteiger partial charge on any atom is 0.106 e. The van der Waals surface area contributed by atoms with Gasteiger partial charge in [0.15, 0.2) is 0 Å². The highest BCUT2D eigenvalue weighted by atomic mass is 32.2. The molecule has 0 aromatic heterocycles. The van der Waals surface area contributed by atoms with Crippen LogP contribution in [0.3, 0.4) is 0 Å². The van der Waals surface area contributed by atoms with Gasteiger partial charge in [-0.05, 0) is 23.6 Å². The zero-order chi connectivity index (χ0) is 11.4. The summed E-state index contributed by atoms with van der Waals surface area (Å²) in [5.41, 5.74) is 8.31. The molecular weight excluding hydrogens is 214 g/mol. The largest absolute Gasteiger partial charge is 0.390 e. The van der Waals surface area contributed by atoms with Crippen molar-refractivity contribution in [3.8, 4) is 0 Å². The molecule has 1 heterocycles. The summed E-state index contributed by atoms with van der Waals surface area (Å²) in [5, 5.41) is 13.4. The lowest BCUT2D eigenvalue weighted by atomic mass is 9.86. The molecule has 0 aliphatic carbocycles. The monoisotopic (exact) mass is 231 g/mol. The molecule has 0 aromatic carbocycles. The van der Waals surface area contributed by atoms with E-state index in [1.54, 1.807) is 11.8 Å². The van der Waals surface area contributed by atoms with Crippen LogP contribution < -0.4 is 0 Å². The Morgan fingerprint density at radius 3 is 2.67 bits per heavy atom. The van der Waals surface area contributed by atoms with Crippen LogP contribution in [0.4, 0.5) is 0 Å². The highest BCUT2D eigenvalue weighted by Gasteiger charge is 2.39. The van der Waals surface area contributed by atoms with Crippen LogP contribution in [0.5, 0.6) is 0 Å². The van der Waals surface area contributed by atoms with Gasteiger partial charge in [-0.2, -0.15) is 0 Å². The van der Waals surface area contributed by atoms with E-state index in [-0.39, 0.29) is 24.0 Å². The quantitative estimate of drug-likeness (QED) is 0.458. The number of thioether (sulfide) groups is 1. The van der Waals surface area contributed by atoms with Crippen LogP contribution in [0.25, 0.3) is 10.4 Å². The summed E-state index contributed by atoms with van der Waals surface area (Å²) >= 11 is 1.63. The summed E-state index contributed by atoms with van der Waals surface area (Å²) in [6.45, 7) is 4.27. The fourth-order valence-electron chi connectivity index (χ4n) is 1.81. The van der Waals surface area contributed by atoms with E-state index in [0.717, 1.165) is 0 Å². The van der Waals surface area contributed by atoms with Crippen LogP contribution >= 0.6 is 11.8 Å². The topological polar surface area (TPSA) is 78.2 Å². The molecule has 0 bridgehead atoms. The molecule has 6 heteroatoms. The Morgan fingerprint density at radius 2 is 2.13 bits per heavy atom. The predicted molar refractivity (Wildman–Crippen MR) is 60.5 cm³/mol. The lowest BCUT2D eigenvalue weighted by molar-refractivity contribution is -0.133. The summed E-state index contributed by atoms with van der Waals surface area (Å²) in [4.78, 5) is 2.69. The van der Waals surface area contributed by atoms with Crippen molar-refractivity contribution >= 4 is 11.8 Å². The van der Waals surface area contributed by atoms with Crippen LogP contribution in [0.15, 0.2) is 5.11 Å². The fourth-order valence-corrected chi connectivity index (χ4v) is 2.74. The Bertz CT molecular complexity index is 256. The highest BCUT2D eigenvalue weighted by molar-refractivity contribution is 7.99. The second-order valence-corrected chi connectivity index (χ2v) is 4.84. The van der Waals surface area contributed by atoms with Gasteiger partial charge in [-0.25, -0.2) is 0 Å². The Balaban J connectivity index is 2.69. The molecule has 1 aliphatic rings. The fraction of sp³-hybridized carbons (Fsp3) is 1.00. The van der Waals surface area contributed by atoms with E-state index in [2.05, 4.69) is 16.9 Å². The molecule has 1 N–H and O–H groups in total. The van der Waals surface area contributed by atoms with Crippen molar-refractivity contribution in [1.29, 1.82) is 0 Å². The predicted octanol–water partition coefficient (Wildman–Crippen LogP) is 2.02. The van der Waals surface area contributed by atoms with Crippen LogP contribution in [0.2, 0.25) is 0 Å². The molecular formula is C9H17N3O2S. The molecule has 0 saturated carbocycles. The van der Waals surface area contributed by atoms with Gasteiger partial charge in [0.2, 0.25) is 0 Å². The minimum Gasteiger partial charge on any atom is -0.390 e. The second kappa shape index (κ2) is 5.61. The zero-order valence-corrected chi connectivity index (χ0v) is 10.0. The van der Waals surface area contributed by atoms with Gasteiger partial charge < -0.3 is 9.84 Å².